The number of anilines is 1. The molecule has 0 radical (unpaired) electrons. The number of carbonyl (C=O) groups is 1. The minimum atomic E-state index is -0.249. The first kappa shape index (κ1) is 15.2. The molecule has 2 aromatic rings. The number of thiophene rings is 1. The van der Waals surface area contributed by atoms with Crippen molar-refractivity contribution in [2.75, 3.05) is 24.6 Å². The molecule has 22 heavy (non-hydrogen) atoms. The fourth-order valence-corrected chi connectivity index (χ4v) is 3.76. The van der Waals surface area contributed by atoms with E-state index in [1.807, 2.05) is 20.8 Å². The maximum atomic E-state index is 12.3. The monoisotopic (exact) mass is 319 g/mol. The van der Waals surface area contributed by atoms with E-state index in [9.17, 15) is 4.79 Å². The van der Waals surface area contributed by atoms with Crippen molar-refractivity contribution in [3.63, 3.8) is 0 Å². The van der Waals surface area contributed by atoms with E-state index in [1.54, 1.807) is 6.33 Å². The molecule has 0 saturated carbocycles. The Labute approximate surface area is 134 Å². The van der Waals surface area contributed by atoms with Gasteiger partial charge in [-0.2, -0.15) is 0 Å². The maximum absolute atomic E-state index is 12.3. The van der Waals surface area contributed by atoms with Crippen LogP contribution in [0.4, 0.5) is 5.82 Å². The lowest BCUT2D eigenvalue weighted by Gasteiger charge is -2.17. The Morgan fingerprint density at radius 3 is 2.77 bits per heavy atom. The third kappa shape index (κ3) is 2.79. The lowest BCUT2D eigenvalue weighted by atomic mass is 10.2. The smallest absolute Gasteiger partial charge is 0.348 e. The van der Waals surface area contributed by atoms with E-state index in [0.29, 0.717) is 17.4 Å². The molecular weight excluding hydrogens is 298 g/mol. The van der Waals surface area contributed by atoms with E-state index < -0.39 is 0 Å². The van der Waals surface area contributed by atoms with Crippen LogP contribution in [-0.2, 0) is 4.74 Å². The Kier molecular flexibility index (Phi) is 4.29. The number of aryl methyl sites for hydroxylation is 1. The van der Waals surface area contributed by atoms with Gasteiger partial charge in [0.05, 0.1) is 12.0 Å². The second kappa shape index (κ2) is 6.20. The van der Waals surface area contributed by atoms with Crippen LogP contribution in [0.5, 0.6) is 0 Å². The van der Waals surface area contributed by atoms with E-state index in [2.05, 4.69) is 14.9 Å². The highest BCUT2D eigenvalue weighted by Crippen LogP contribution is 2.36. The average Bonchev–Trinajstić information content (AvgIpc) is 3.13. The molecule has 3 heterocycles. The minimum absolute atomic E-state index is 0.249. The predicted molar refractivity (Wildman–Crippen MR) is 88.7 cm³/mol. The molecule has 1 aliphatic rings. The highest BCUT2D eigenvalue weighted by molar-refractivity contribution is 7.20. The van der Waals surface area contributed by atoms with Gasteiger partial charge in [0.25, 0.3) is 0 Å². The molecule has 1 fully saturated rings. The topological polar surface area (TPSA) is 55.3 Å². The predicted octanol–water partition coefficient (Wildman–Crippen LogP) is 3.41. The zero-order chi connectivity index (χ0) is 15.7. The van der Waals surface area contributed by atoms with Crippen LogP contribution in [0.1, 0.15) is 41.9 Å². The Morgan fingerprint density at radius 2 is 2.09 bits per heavy atom. The minimum Gasteiger partial charge on any atom is -0.461 e. The van der Waals surface area contributed by atoms with Gasteiger partial charge in [-0.3, -0.25) is 0 Å². The molecule has 0 aliphatic carbocycles. The summed E-state index contributed by atoms with van der Waals surface area (Å²) >= 11 is 1.40. The van der Waals surface area contributed by atoms with Gasteiger partial charge in [0.15, 0.2) is 0 Å². The summed E-state index contributed by atoms with van der Waals surface area (Å²) in [4.78, 5) is 24.9. The summed E-state index contributed by atoms with van der Waals surface area (Å²) in [5.41, 5.74) is 0.941. The Bertz CT molecular complexity index is 690. The molecule has 0 spiro atoms. The highest BCUT2D eigenvalue weighted by atomic mass is 32.1. The van der Waals surface area contributed by atoms with Crippen LogP contribution >= 0.6 is 11.3 Å². The largest absolute Gasteiger partial charge is 0.461 e. The molecule has 2 aromatic heterocycles. The van der Waals surface area contributed by atoms with Crippen molar-refractivity contribution in [1.29, 1.82) is 0 Å². The molecule has 0 atom stereocenters. The summed E-state index contributed by atoms with van der Waals surface area (Å²) in [5.74, 6) is 1.04. The van der Waals surface area contributed by atoms with E-state index in [-0.39, 0.29) is 5.97 Å². The van der Waals surface area contributed by atoms with Gasteiger partial charge in [-0.1, -0.05) is 13.8 Å². The number of hydrogen-bond donors (Lipinski definition) is 0. The van der Waals surface area contributed by atoms with Crippen LogP contribution in [0.2, 0.25) is 0 Å². The average molecular weight is 319 g/mol. The summed E-state index contributed by atoms with van der Waals surface area (Å²) in [6.07, 6.45) is 3.98. The number of nitrogens with zero attached hydrogens (tertiary/aromatic N) is 3. The fourth-order valence-electron chi connectivity index (χ4n) is 2.72. The van der Waals surface area contributed by atoms with Gasteiger partial charge in [0, 0.05) is 13.1 Å². The number of ether oxygens (including phenoxy) is 1. The zero-order valence-corrected chi connectivity index (χ0v) is 14.1. The summed E-state index contributed by atoms with van der Waals surface area (Å²) < 4.78 is 5.37. The first-order valence-corrected chi connectivity index (χ1v) is 8.55. The normalized spacial score (nSPS) is 15.0. The second-order valence-electron chi connectivity index (χ2n) is 6.12. The van der Waals surface area contributed by atoms with Crippen LogP contribution in [0.15, 0.2) is 6.33 Å². The molecule has 0 N–H and O–H groups in total. The lowest BCUT2D eigenvalue weighted by molar-refractivity contribution is 0.0464. The van der Waals surface area contributed by atoms with Crippen molar-refractivity contribution in [3.8, 4) is 0 Å². The van der Waals surface area contributed by atoms with Gasteiger partial charge < -0.3 is 9.64 Å². The fraction of sp³-hybridized carbons (Fsp3) is 0.562. The number of carbonyl (C=O) groups excluding carboxylic acids is 1. The van der Waals surface area contributed by atoms with E-state index in [0.717, 1.165) is 34.7 Å². The van der Waals surface area contributed by atoms with Gasteiger partial charge in [0.1, 0.15) is 21.9 Å². The van der Waals surface area contributed by atoms with Crippen molar-refractivity contribution < 1.29 is 9.53 Å². The molecule has 5 nitrogen and oxygen atoms in total. The number of rotatable bonds is 4. The Hall–Kier alpha value is -1.69. The van der Waals surface area contributed by atoms with E-state index in [1.165, 1.54) is 24.2 Å². The molecule has 118 valence electrons. The first-order chi connectivity index (χ1) is 10.6. The van der Waals surface area contributed by atoms with Crippen molar-refractivity contribution in [1.82, 2.24) is 9.97 Å². The molecule has 0 unspecified atom stereocenters. The van der Waals surface area contributed by atoms with Gasteiger partial charge in [-0.05, 0) is 31.2 Å². The van der Waals surface area contributed by atoms with Gasteiger partial charge >= 0.3 is 5.97 Å². The van der Waals surface area contributed by atoms with Crippen LogP contribution in [0.3, 0.4) is 0 Å². The van der Waals surface area contributed by atoms with Gasteiger partial charge in [0.2, 0.25) is 0 Å². The quantitative estimate of drug-likeness (QED) is 0.808. The van der Waals surface area contributed by atoms with E-state index in [4.69, 9.17) is 4.74 Å². The highest BCUT2D eigenvalue weighted by Gasteiger charge is 2.24. The third-order valence-corrected chi connectivity index (χ3v) is 5.03. The van der Waals surface area contributed by atoms with Crippen molar-refractivity contribution in [2.45, 2.75) is 33.6 Å². The SMILES string of the molecule is Cc1c(C(=O)OCC(C)C)sc2ncnc(N3CCCC3)c12. The summed E-state index contributed by atoms with van der Waals surface area (Å²) in [5, 5.41) is 1.01. The molecule has 1 saturated heterocycles. The van der Waals surface area contributed by atoms with Crippen molar-refractivity contribution in [3.05, 3.63) is 16.8 Å². The lowest BCUT2D eigenvalue weighted by Crippen LogP contribution is -2.19. The number of aromatic nitrogens is 2. The molecule has 0 amide bonds. The molecule has 1 aliphatic heterocycles. The summed E-state index contributed by atoms with van der Waals surface area (Å²) in [6, 6.07) is 0. The second-order valence-corrected chi connectivity index (χ2v) is 7.12. The molecule has 0 aromatic carbocycles. The number of fused-ring (bicyclic) bond motifs is 1. The summed E-state index contributed by atoms with van der Waals surface area (Å²) in [7, 11) is 0. The molecule has 6 heteroatoms. The molecule has 3 rings (SSSR count). The molecule has 0 bridgehead atoms. The Morgan fingerprint density at radius 1 is 1.36 bits per heavy atom. The van der Waals surface area contributed by atoms with Crippen molar-refractivity contribution in [2.24, 2.45) is 5.92 Å². The van der Waals surface area contributed by atoms with Crippen LogP contribution in [-0.4, -0.2) is 35.6 Å². The Balaban J connectivity index is 1.98. The van der Waals surface area contributed by atoms with E-state index >= 15 is 0 Å². The summed E-state index contributed by atoms with van der Waals surface area (Å²) in [6.45, 7) is 8.51. The maximum Gasteiger partial charge on any atom is 0.348 e. The number of hydrogen-bond acceptors (Lipinski definition) is 6. The molecular formula is C16H21N3O2S. The van der Waals surface area contributed by atoms with Crippen LogP contribution in [0.25, 0.3) is 10.2 Å². The third-order valence-electron chi connectivity index (χ3n) is 3.85. The van der Waals surface area contributed by atoms with Crippen LogP contribution in [0, 0.1) is 12.8 Å². The number of esters is 1. The van der Waals surface area contributed by atoms with Crippen LogP contribution < -0.4 is 4.90 Å². The first-order valence-electron chi connectivity index (χ1n) is 7.74. The standard InChI is InChI=1S/C16H21N3O2S/c1-10(2)8-21-16(20)13-11(3)12-14(19-6-4-5-7-19)17-9-18-15(12)22-13/h9-10H,4-8H2,1-3H3. The van der Waals surface area contributed by atoms with Gasteiger partial charge in [-0.15, -0.1) is 11.3 Å². The zero-order valence-electron chi connectivity index (χ0n) is 13.3. The van der Waals surface area contributed by atoms with Crippen molar-refractivity contribution >= 4 is 33.3 Å². The van der Waals surface area contributed by atoms with Gasteiger partial charge in [-0.25, -0.2) is 14.8 Å².